The lowest BCUT2D eigenvalue weighted by Crippen LogP contribution is -2.33. The molecular formula is C19H25N3O3S. The monoisotopic (exact) mass is 375 g/mol. The van der Waals surface area contributed by atoms with Crippen LogP contribution in [-0.2, 0) is 16.6 Å². The Hall–Kier alpha value is -2.54. The second-order valence-corrected chi connectivity index (χ2v) is 7.04. The second kappa shape index (κ2) is 10.5. The molecule has 6 nitrogen and oxygen atoms in total. The van der Waals surface area contributed by atoms with Crippen molar-refractivity contribution in [2.45, 2.75) is 5.75 Å². The molecule has 0 aliphatic rings. The van der Waals surface area contributed by atoms with E-state index in [1.54, 1.807) is 21.3 Å². The fourth-order valence-corrected chi connectivity index (χ4v) is 3.38. The summed E-state index contributed by atoms with van der Waals surface area (Å²) in [5.74, 6) is 3.01. The van der Waals surface area contributed by atoms with Crippen LogP contribution in [-0.4, -0.2) is 43.7 Å². The predicted octanol–water partition coefficient (Wildman–Crippen LogP) is 2.64. The molecule has 2 aromatic carbocycles. The molecule has 0 heterocycles. The highest BCUT2D eigenvalue weighted by Crippen LogP contribution is 2.29. The van der Waals surface area contributed by atoms with Crippen molar-refractivity contribution < 1.29 is 13.7 Å². The molecular weight excluding hydrogens is 350 g/mol. The molecule has 0 aliphatic heterocycles. The fraction of sp³-hybridized carbons (Fsp3) is 0.316. The van der Waals surface area contributed by atoms with E-state index >= 15 is 0 Å². The minimum absolute atomic E-state index is 0.543. The zero-order chi connectivity index (χ0) is 18.8. The van der Waals surface area contributed by atoms with Gasteiger partial charge in [0.05, 0.1) is 14.2 Å². The minimum Gasteiger partial charge on any atom is -0.493 e. The molecule has 7 heteroatoms. The lowest BCUT2D eigenvalue weighted by molar-refractivity contribution is 0.355. The van der Waals surface area contributed by atoms with Crippen LogP contribution in [0.2, 0.25) is 0 Å². The summed E-state index contributed by atoms with van der Waals surface area (Å²) in [6.07, 6.45) is 0. The van der Waals surface area contributed by atoms with Crippen molar-refractivity contribution >= 4 is 22.4 Å². The number of hydrogen-bond acceptors (Lipinski definition) is 4. The summed E-state index contributed by atoms with van der Waals surface area (Å²) in [4.78, 5) is 4.19. The third-order valence-corrected chi connectivity index (χ3v) is 4.98. The van der Waals surface area contributed by atoms with Crippen LogP contribution in [0.15, 0.2) is 53.5 Å². The van der Waals surface area contributed by atoms with Crippen molar-refractivity contribution in [1.82, 2.24) is 5.32 Å². The van der Waals surface area contributed by atoms with E-state index in [0.29, 0.717) is 35.5 Å². The molecule has 0 saturated carbocycles. The average Bonchev–Trinajstić information content (AvgIpc) is 2.67. The van der Waals surface area contributed by atoms with Crippen LogP contribution >= 0.6 is 0 Å². The van der Waals surface area contributed by atoms with E-state index in [0.717, 1.165) is 11.3 Å². The van der Waals surface area contributed by atoms with Crippen molar-refractivity contribution in [3.8, 4) is 11.5 Å². The lowest BCUT2D eigenvalue weighted by Gasteiger charge is -2.14. The SMILES string of the molecule is CN=C(NCCS(=O)Cc1ccccc1)Nc1ccc(OC)c(OC)c1. The van der Waals surface area contributed by atoms with Crippen LogP contribution in [0.1, 0.15) is 5.56 Å². The molecule has 0 amide bonds. The van der Waals surface area contributed by atoms with Gasteiger partial charge in [0, 0.05) is 47.7 Å². The topological polar surface area (TPSA) is 72.0 Å². The number of ether oxygens (including phenoxy) is 2. The van der Waals surface area contributed by atoms with E-state index in [4.69, 9.17) is 9.47 Å². The highest BCUT2D eigenvalue weighted by Gasteiger charge is 2.07. The van der Waals surface area contributed by atoms with Crippen LogP contribution in [0, 0.1) is 0 Å². The summed E-state index contributed by atoms with van der Waals surface area (Å²) in [5.41, 5.74) is 1.90. The Morgan fingerprint density at radius 2 is 1.81 bits per heavy atom. The van der Waals surface area contributed by atoms with Crippen molar-refractivity contribution in [1.29, 1.82) is 0 Å². The lowest BCUT2D eigenvalue weighted by atomic mass is 10.2. The second-order valence-electron chi connectivity index (χ2n) is 5.47. The van der Waals surface area contributed by atoms with Gasteiger partial charge in [0.1, 0.15) is 0 Å². The van der Waals surface area contributed by atoms with Gasteiger partial charge in [-0.2, -0.15) is 0 Å². The van der Waals surface area contributed by atoms with E-state index < -0.39 is 10.8 Å². The Kier molecular flexibility index (Phi) is 7.95. The van der Waals surface area contributed by atoms with E-state index in [2.05, 4.69) is 15.6 Å². The highest BCUT2D eigenvalue weighted by molar-refractivity contribution is 7.84. The number of methoxy groups -OCH3 is 2. The van der Waals surface area contributed by atoms with E-state index in [9.17, 15) is 4.21 Å². The zero-order valence-corrected chi connectivity index (χ0v) is 16.1. The summed E-state index contributed by atoms with van der Waals surface area (Å²) in [6, 6.07) is 15.4. The van der Waals surface area contributed by atoms with Crippen LogP contribution in [0.4, 0.5) is 5.69 Å². The fourth-order valence-electron chi connectivity index (χ4n) is 2.35. The molecule has 2 rings (SSSR count). The molecule has 1 atom stereocenters. The molecule has 2 N–H and O–H groups in total. The number of guanidine groups is 1. The van der Waals surface area contributed by atoms with E-state index in [1.165, 1.54) is 0 Å². The van der Waals surface area contributed by atoms with E-state index in [-0.39, 0.29) is 0 Å². The highest BCUT2D eigenvalue weighted by atomic mass is 32.2. The molecule has 1 unspecified atom stereocenters. The first kappa shape index (κ1) is 19.8. The molecule has 2 aromatic rings. The smallest absolute Gasteiger partial charge is 0.195 e. The largest absolute Gasteiger partial charge is 0.493 e. The van der Waals surface area contributed by atoms with E-state index in [1.807, 2.05) is 48.5 Å². The van der Waals surface area contributed by atoms with Gasteiger partial charge in [-0.15, -0.1) is 0 Å². The number of rotatable bonds is 8. The van der Waals surface area contributed by atoms with Crippen molar-refractivity contribution in [3.05, 3.63) is 54.1 Å². The number of nitrogens with one attached hydrogen (secondary N) is 2. The zero-order valence-electron chi connectivity index (χ0n) is 15.3. The Bertz CT molecular complexity index is 751. The van der Waals surface area contributed by atoms with Crippen LogP contribution in [0.3, 0.4) is 0 Å². The molecule has 26 heavy (non-hydrogen) atoms. The van der Waals surface area contributed by atoms with Crippen molar-refractivity contribution in [3.63, 3.8) is 0 Å². The summed E-state index contributed by atoms with van der Waals surface area (Å²) in [6.45, 7) is 0.562. The summed E-state index contributed by atoms with van der Waals surface area (Å²) < 4.78 is 22.7. The molecule has 0 aliphatic carbocycles. The molecule has 140 valence electrons. The normalized spacial score (nSPS) is 12.3. The Balaban J connectivity index is 1.83. The Morgan fingerprint density at radius 1 is 1.08 bits per heavy atom. The molecule has 0 bridgehead atoms. The predicted molar refractivity (Wildman–Crippen MR) is 108 cm³/mol. The van der Waals surface area contributed by atoms with Gasteiger partial charge < -0.3 is 20.1 Å². The number of hydrogen-bond donors (Lipinski definition) is 2. The first-order valence-corrected chi connectivity index (χ1v) is 9.73. The van der Waals surface area contributed by atoms with Crippen LogP contribution < -0.4 is 20.1 Å². The first-order chi connectivity index (χ1) is 12.7. The van der Waals surface area contributed by atoms with Crippen LogP contribution in [0.25, 0.3) is 0 Å². The third kappa shape index (κ3) is 6.07. The van der Waals surface area contributed by atoms with Gasteiger partial charge in [0.15, 0.2) is 17.5 Å². The van der Waals surface area contributed by atoms with Gasteiger partial charge in [-0.25, -0.2) is 0 Å². The van der Waals surface area contributed by atoms with Gasteiger partial charge in [-0.05, 0) is 17.7 Å². The maximum atomic E-state index is 12.2. The van der Waals surface area contributed by atoms with Crippen molar-refractivity contribution in [2.75, 3.05) is 38.9 Å². The van der Waals surface area contributed by atoms with Crippen LogP contribution in [0.5, 0.6) is 11.5 Å². The minimum atomic E-state index is -0.927. The standard InChI is InChI=1S/C19H25N3O3S/c1-20-19(22-16-9-10-17(24-2)18(13-16)25-3)21-11-12-26(23)14-15-7-5-4-6-8-15/h4-10,13H,11-12,14H2,1-3H3,(H2,20,21,22). The van der Waals surface area contributed by atoms with Gasteiger partial charge in [0.2, 0.25) is 0 Å². The first-order valence-electron chi connectivity index (χ1n) is 8.25. The summed E-state index contributed by atoms with van der Waals surface area (Å²) >= 11 is 0. The number of aliphatic imine (C=N–C) groups is 1. The van der Waals surface area contributed by atoms with Gasteiger partial charge in [0.25, 0.3) is 0 Å². The summed E-state index contributed by atoms with van der Waals surface area (Å²) in [5, 5.41) is 6.36. The van der Waals surface area contributed by atoms with Gasteiger partial charge in [-0.1, -0.05) is 30.3 Å². The molecule has 0 spiro atoms. The maximum Gasteiger partial charge on any atom is 0.195 e. The number of nitrogens with zero attached hydrogens (tertiary/aromatic N) is 1. The molecule has 0 saturated heterocycles. The Morgan fingerprint density at radius 3 is 2.46 bits per heavy atom. The van der Waals surface area contributed by atoms with Gasteiger partial charge >= 0.3 is 0 Å². The molecule has 0 fully saturated rings. The molecule has 0 radical (unpaired) electrons. The molecule has 0 aromatic heterocycles. The number of anilines is 1. The Labute approximate surface area is 157 Å². The van der Waals surface area contributed by atoms with Crippen molar-refractivity contribution in [2.24, 2.45) is 4.99 Å². The van der Waals surface area contributed by atoms with Gasteiger partial charge in [-0.3, -0.25) is 9.20 Å². The average molecular weight is 375 g/mol. The quantitative estimate of drug-likeness (QED) is 0.548. The summed E-state index contributed by atoms with van der Waals surface area (Å²) in [7, 11) is 3.96. The third-order valence-electron chi connectivity index (χ3n) is 3.66. The number of benzene rings is 2. The maximum absolute atomic E-state index is 12.2.